The van der Waals surface area contributed by atoms with Crippen molar-refractivity contribution in [3.8, 4) is 6.07 Å². The lowest BCUT2D eigenvalue weighted by atomic mass is 10.3. The second-order valence-corrected chi connectivity index (χ2v) is 5.50. The van der Waals surface area contributed by atoms with Crippen LogP contribution in [-0.2, 0) is 9.53 Å². The van der Waals surface area contributed by atoms with Gasteiger partial charge in [0.1, 0.15) is 12.7 Å². The van der Waals surface area contributed by atoms with Crippen LogP contribution in [0.15, 0.2) is 12.4 Å². The van der Waals surface area contributed by atoms with Crippen molar-refractivity contribution in [1.29, 1.82) is 5.26 Å². The lowest BCUT2D eigenvalue weighted by Crippen LogP contribution is -2.45. The minimum atomic E-state index is 0.0859. The molecule has 1 aromatic rings. The fourth-order valence-electron chi connectivity index (χ4n) is 2.88. The van der Waals surface area contributed by atoms with Crippen molar-refractivity contribution in [1.82, 2.24) is 19.6 Å². The van der Waals surface area contributed by atoms with Gasteiger partial charge in [-0.1, -0.05) is 0 Å². The van der Waals surface area contributed by atoms with Crippen molar-refractivity contribution < 1.29 is 9.53 Å². The summed E-state index contributed by atoms with van der Waals surface area (Å²) in [6.07, 6.45) is 4.44. The van der Waals surface area contributed by atoms with Gasteiger partial charge in [-0.3, -0.25) is 14.4 Å². The molecule has 0 bridgehead atoms. The minimum Gasteiger partial charge on any atom is -0.370 e. The number of aromatic nitrogens is 2. The van der Waals surface area contributed by atoms with Crippen molar-refractivity contribution in [2.24, 2.45) is 0 Å². The maximum atomic E-state index is 11.7. The Morgan fingerprint density at radius 2 is 2.33 bits per heavy atom. The number of carbonyl (C=O) groups is 1. The Morgan fingerprint density at radius 3 is 3.10 bits per heavy atom. The number of nitriles is 1. The van der Waals surface area contributed by atoms with Crippen LogP contribution < -0.4 is 0 Å². The Balaban J connectivity index is 1.48. The first-order chi connectivity index (χ1) is 10.3. The molecule has 1 amide bonds. The summed E-state index contributed by atoms with van der Waals surface area (Å²) in [6, 6.07) is 2.43. The number of likely N-dealkylation sites (tertiary alicyclic amines) is 1. The minimum absolute atomic E-state index is 0.0859. The van der Waals surface area contributed by atoms with E-state index >= 15 is 0 Å². The molecule has 2 saturated heterocycles. The molecule has 0 radical (unpaired) electrons. The third kappa shape index (κ3) is 3.23. The second-order valence-electron chi connectivity index (χ2n) is 5.50. The van der Waals surface area contributed by atoms with Crippen LogP contribution in [0.2, 0.25) is 0 Å². The molecule has 1 aromatic heterocycles. The van der Waals surface area contributed by atoms with Crippen molar-refractivity contribution in [2.45, 2.75) is 12.5 Å². The van der Waals surface area contributed by atoms with E-state index in [4.69, 9.17) is 10.00 Å². The van der Waals surface area contributed by atoms with Crippen molar-refractivity contribution in [3.05, 3.63) is 18.0 Å². The predicted molar refractivity (Wildman–Crippen MR) is 74.4 cm³/mol. The number of amides is 1. The Labute approximate surface area is 123 Å². The summed E-state index contributed by atoms with van der Waals surface area (Å²) < 4.78 is 7.02. The zero-order valence-corrected chi connectivity index (χ0v) is 11.9. The van der Waals surface area contributed by atoms with Gasteiger partial charge in [-0.15, -0.1) is 0 Å². The molecule has 0 aromatic carbocycles. The van der Waals surface area contributed by atoms with Gasteiger partial charge < -0.3 is 9.64 Å². The predicted octanol–water partition coefficient (Wildman–Crippen LogP) is -0.140. The molecule has 1 unspecified atom stereocenters. The van der Waals surface area contributed by atoms with E-state index in [1.54, 1.807) is 12.4 Å². The Kier molecular flexibility index (Phi) is 4.18. The molecule has 21 heavy (non-hydrogen) atoms. The molecule has 0 aliphatic carbocycles. The van der Waals surface area contributed by atoms with Gasteiger partial charge in [-0.05, 0) is 6.42 Å². The largest absolute Gasteiger partial charge is 0.370 e. The molecule has 1 atom stereocenters. The standard InChI is InChI=1S/C14H19N5O2/c15-7-12-8-16-19(9-12)13-1-2-17(10-13)3-4-18-5-6-21-11-14(18)20/h8-9,13H,1-6,10-11H2. The summed E-state index contributed by atoms with van der Waals surface area (Å²) in [7, 11) is 0. The van der Waals surface area contributed by atoms with E-state index < -0.39 is 0 Å². The summed E-state index contributed by atoms with van der Waals surface area (Å²) in [5, 5.41) is 13.1. The molecule has 2 aliphatic heterocycles. The number of rotatable bonds is 4. The molecule has 2 aliphatic rings. The first kappa shape index (κ1) is 14.0. The third-order valence-corrected chi connectivity index (χ3v) is 4.12. The molecule has 7 nitrogen and oxygen atoms in total. The molecule has 2 fully saturated rings. The molecular formula is C14H19N5O2. The van der Waals surface area contributed by atoms with E-state index in [1.807, 2.05) is 9.58 Å². The van der Waals surface area contributed by atoms with Gasteiger partial charge >= 0.3 is 0 Å². The fraction of sp³-hybridized carbons (Fsp3) is 0.643. The monoisotopic (exact) mass is 289 g/mol. The highest BCUT2D eigenvalue weighted by molar-refractivity contribution is 5.77. The first-order valence-electron chi connectivity index (χ1n) is 7.28. The molecule has 7 heteroatoms. The topological polar surface area (TPSA) is 74.4 Å². The van der Waals surface area contributed by atoms with E-state index in [1.165, 1.54) is 0 Å². The number of hydrogen-bond donors (Lipinski definition) is 0. The molecular weight excluding hydrogens is 270 g/mol. The van der Waals surface area contributed by atoms with Crippen LogP contribution in [0.4, 0.5) is 0 Å². The van der Waals surface area contributed by atoms with Crippen LogP contribution in [0.1, 0.15) is 18.0 Å². The number of carbonyl (C=O) groups excluding carboxylic acids is 1. The number of morpholine rings is 1. The van der Waals surface area contributed by atoms with E-state index in [0.29, 0.717) is 24.8 Å². The number of hydrogen-bond acceptors (Lipinski definition) is 5. The van der Waals surface area contributed by atoms with Crippen molar-refractivity contribution in [2.75, 3.05) is 45.9 Å². The molecule has 3 heterocycles. The van der Waals surface area contributed by atoms with E-state index in [-0.39, 0.29) is 12.5 Å². The van der Waals surface area contributed by atoms with E-state index in [0.717, 1.165) is 32.6 Å². The SMILES string of the molecule is N#Cc1cnn(C2CCN(CCN3CCOCC3=O)C2)c1. The van der Waals surface area contributed by atoms with E-state index in [2.05, 4.69) is 16.1 Å². The average Bonchev–Trinajstić information content (AvgIpc) is 3.15. The summed E-state index contributed by atoms with van der Waals surface area (Å²) in [5.74, 6) is 0.0859. The Hall–Kier alpha value is -1.91. The highest BCUT2D eigenvalue weighted by atomic mass is 16.5. The third-order valence-electron chi connectivity index (χ3n) is 4.12. The number of nitrogens with zero attached hydrogens (tertiary/aromatic N) is 5. The van der Waals surface area contributed by atoms with Crippen LogP contribution in [0, 0.1) is 11.3 Å². The van der Waals surface area contributed by atoms with Gasteiger partial charge in [0.25, 0.3) is 0 Å². The van der Waals surface area contributed by atoms with Crippen LogP contribution in [-0.4, -0.2) is 71.4 Å². The molecule has 0 N–H and O–H groups in total. The van der Waals surface area contributed by atoms with Crippen LogP contribution in [0.5, 0.6) is 0 Å². The second kappa shape index (κ2) is 6.24. The van der Waals surface area contributed by atoms with Gasteiger partial charge in [-0.2, -0.15) is 10.4 Å². The van der Waals surface area contributed by atoms with Crippen LogP contribution in [0.3, 0.4) is 0 Å². The maximum absolute atomic E-state index is 11.7. The highest BCUT2D eigenvalue weighted by Crippen LogP contribution is 2.21. The number of ether oxygens (including phenoxy) is 1. The van der Waals surface area contributed by atoms with Gasteiger partial charge in [0, 0.05) is 38.9 Å². The van der Waals surface area contributed by atoms with Gasteiger partial charge in [-0.25, -0.2) is 0 Å². The van der Waals surface area contributed by atoms with Crippen LogP contribution >= 0.6 is 0 Å². The molecule has 0 spiro atoms. The summed E-state index contributed by atoms with van der Waals surface area (Å²) in [4.78, 5) is 15.9. The fourth-order valence-corrected chi connectivity index (χ4v) is 2.88. The van der Waals surface area contributed by atoms with E-state index in [9.17, 15) is 4.79 Å². The molecule has 0 saturated carbocycles. The summed E-state index contributed by atoms with van der Waals surface area (Å²) in [6.45, 7) is 5.12. The summed E-state index contributed by atoms with van der Waals surface area (Å²) in [5.41, 5.74) is 0.604. The van der Waals surface area contributed by atoms with Crippen LogP contribution in [0.25, 0.3) is 0 Å². The maximum Gasteiger partial charge on any atom is 0.248 e. The van der Waals surface area contributed by atoms with Gasteiger partial charge in [0.2, 0.25) is 5.91 Å². The average molecular weight is 289 g/mol. The summed E-state index contributed by atoms with van der Waals surface area (Å²) >= 11 is 0. The van der Waals surface area contributed by atoms with Crippen molar-refractivity contribution in [3.63, 3.8) is 0 Å². The smallest absolute Gasteiger partial charge is 0.248 e. The highest BCUT2D eigenvalue weighted by Gasteiger charge is 2.26. The van der Waals surface area contributed by atoms with Gasteiger partial charge in [0.05, 0.1) is 24.4 Å². The normalized spacial score (nSPS) is 23.5. The Bertz CT molecular complexity index is 550. The van der Waals surface area contributed by atoms with Gasteiger partial charge in [0.15, 0.2) is 0 Å². The quantitative estimate of drug-likeness (QED) is 0.771. The lowest BCUT2D eigenvalue weighted by Gasteiger charge is -2.28. The molecule has 3 rings (SSSR count). The lowest BCUT2D eigenvalue weighted by molar-refractivity contribution is -0.142. The Morgan fingerprint density at radius 1 is 1.43 bits per heavy atom. The first-order valence-corrected chi connectivity index (χ1v) is 7.28. The molecule has 112 valence electrons. The zero-order valence-electron chi connectivity index (χ0n) is 11.9. The van der Waals surface area contributed by atoms with Crippen molar-refractivity contribution >= 4 is 5.91 Å². The zero-order chi connectivity index (χ0) is 14.7.